The summed E-state index contributed by atoms with van der Waals surface area (Å²) >= 11 is 2.63. The van der Waals surface area contributed by atoms with Crippen molar-refractivity contribution in [2.75, 3.05) is 11.9 Å². The van der Waals surface area contributed by atoms with Crippen molar-refractivity contribution >= 4 is 46.5 Å². The molecule has 2 saturated carbocycles. The molecule has 7 rings (SSSR count). The topological polar surface area (TPSA) is 129 Å². The van der Waals surface area contributed by atoms with Gasteiger partial charge in [-0.2, -0.15) is 13.2 Å². The average molecular weight is 660 g/mol. The fourth-order valence-electron chi connectivity index (χ4n) is 7.93. The van der Waals surface area contributed by atoms with Crippen LogP contribution in [0.4, 0.5) is 18.9 Å². The van der Waals surface area contributed by atoms with E-state index in [2.05, 4.69) is 10.3 Å². The molecule has 3 N–H and O–H groups in total. The van der Waals surface area contributed by atoms with Crippen LogP contribution < -0.4 is 14.9 Å². The molecule has 0 spiro atoms. The average Bonchev–Trinajstić information content (AvgIpc) is 3.72. The number of alkyl halides is 3. The number of ether oxygens (including phenoxy) is 1. The molecule has 45 heavy (non-hydrogen) atoms. The smallest absolute Gasteiger partial charge is 0.416 e. The molecule has 8 atom stereocenters. The van der Waals surface area contributed by atoms with Crippen LogP contribution in [0.15, 0.2) is 52.3 Å². The van der Waals surface area contributed by atoms with Gasteiger partial charge in [-0.15, -0.1) is 11.8 Å². The number of hydrogen-bond donors (Lipinski definition) is 3. The quantitative estimate of drug-likeness (QED) is 0.316. The van der Waals surface area contributed by atoms with Crippen LogP contribution in [0.1, 0.15) is 42.2 Å². The first-order chi connectivity index (χ1) is 21.4. The van der Waals surface area contributed by atoms with E-state index < -0.39 is 47.3 Å². The van der Waals surface area contributed by atoms with Crippen molar-refractivity contribution < 1.29 is 37.4 Å². The molecule has 3 amide bonds. The zero-order chi connectivity index (χ0) is 31.9. The van der Waals surface area contributed by atoms with Gasteiger partial charge in [-0.3, -0.25) is 24.1 Å². The molecule has 9 nitrogen and oxygen atoms in total. The lowest BCUT2D eigenvalue weighted by molar-refractivity contribution is -0.146. The van der Waals surface area contributed by atoms with Gasteiger partial charge in [-0.25, -0.2) is 0 Å². The van der Waals surface area contributed by atoms with E-state index in [0.29, 0.717) is 18.8 Å². The number of halogens is 3. The van der Waals surface area contributed by atoms with E-state index in [1.807, 2.05) is 0 Å². The molecule has 1 aromatic heterocycles. The number of carbonyl (C=O) groups excluding carboxylic acids is 3. The minimum atomic E-state index is -4.60. The Morgan fingerprint density at radius 3 is 2.58 bits per heavy atom. The number of nitrogens with zero attached hydrogens (tertiary/aromatic N) is 1. The van der Waals surface area contributed by atoms with Gasteiger partial charge in [-0.1, -0.05) is 23.5 Å². The van der Waals surface area contributed by atoms with E-state index in [-0.39, 0.29) is 45.2 Å². The Kier molecular flexibility index (Phi) is 7.08. The minimum absolute atomic E-state index is 0.0116. The molecule has 2 aliphatic carbocycles. The summed E-state index contributed by atoms with van der Waals surface area (Å²) in [5, 5.41) is 13.4. The number of nitrogens with one attached hydrogen (secondary N) is 2. The molecule has 4 aliphatic rings. The van der Waals surface area contributed by atoms with Crippen LogP contribution in [0, 0.1) is 29.6 Å². The van der Waals surface area contributed by atoms with E-state index in [0.717, 1.165) is 43.8 Å². The number of aromatic hydroxyl groups is 1. The normalized spacial score (nSPS) is 28.9. The van der Waals surface area contributed by atoms with E-state index >= 15 is 0 Å². The molecule has 1 saturated heterocycles. The molecular formula is C31H28F3N3O6S2. The number of fused-ring (bicyclic) bond motifs is 9. The van der Waals surface area contributed by atoms with E-state index in [1.165, 1.54) is 30.8 Å². The van der Waals surface area contributed by atoms with Gasteiger partial charge in [0.25, 0.3) is 0 Å². The van der Waals surface area contributed by atoms with Gasteiger partial charge < -0.3 is 20.1 Å². The number of anilines is 1. The van der Waals surface area contributed by atoms with Gasteiger partial charge in [-0.05, 0) is 73.9 Å². The summed E-state index contributed by atoms with van der Waals surface area (Å²) in [6.45, 7) is 3.55. The summed E-state index contributed by atoms with van der Waals surface area (Å²) in [5.74, 6) is -3.45. The number of imide groups is 1. The van der Waals surface area contributed by atoms with Crippen LogP contribution in [0.25, 0.3) is 0 Å². The Morgan fingerprint density at radius 1 is 1.13 bits per heavy atom. The molecule has 0 radical (unpaired) electrons. The zero-order valence-electron chi connectivity index (χ0n) is 24.0. The lowest BCUT2D eigenvalue weighted by Crippen LogP contribution is -2.46. The molecule has 2 aromatic carbocycles. The SMILES string of the molecule is CCOc1cc(C2c3sc(=O)[nH]c3SC3C4CC(C5C(=O)N(C(C)C(=O)Nc6cccc(C(F)(F)F)c6)C(=O)C45)C23)ccc1O. The first-order valence-electron chi connectivity index (χ1n) is 14.6. The number of aromatic amines is 1. The van der Waals surface area contributed by atoms with Gasteiger partial charge in [0.15, 0.2) is 11.5 Å². The Labute approximate surface area is 263 Å². The number of thioether (sulfide) groups is 1. The van der Waals surface area contributed by atoms with E-state index in [4.69, 9.17) is 4.74 Å². The maximum atomic E-state index is 14.0. The number of H-pyrrole nitrogens is 1. The molecule has 8 unspecified atom stereocenters. The Morgan fingerprint density at radius 2 is 1.87 bits per heavy atom. The highest BCUT2D eigenvalue weighted by Crippen LogP contribution is 2.68. The second kappa shape index (κ2) is 10.6. The van der Waals surface area contributed by atoms with Crippen molar-refractivity contribution in [2.24, 2.45) is 29.6 Å². The highest BCUT2D eigenvalue weighted by molar-refractivity contribution is 8.00. The summed E-state index contributed by atoms with van der Waals surface area (Å²) in [6.07, 6.45) is -3.96. The summed E-state index contributed by atoms with van der Waals surface area (Å²) in [6, 6.07) is 8.05. The minimum Gasteiger partial charge on any atom is -0.504 e. The van der Waals surface area contributed by atoms with Crippen molar-refractivity contribution in [1.29, 1.82) is 0 Å². The number of carbonyl (C=O) groups is 3. The maximum Gasteiger partial charge on any atom is 0.416 e. The number of amides is 3. The number of hydrogen-bond acceptors (Lipinski definition) is 8. The van der Waals surface area contributed by atoms with Crippen LogP contribution in [0.3, 0.4) is 0 Å². The van der Waals surface area contributed by atoms with Gasteiger partial charge in [0, 0.05) is 21.7 Å². The van der Waals surface area contributed by atoms with Gasteiger partial charge in [0.2, 0.25) is 17.7 Å². The van der Waals surface area contributed by atoms with Crippen molar-refractivity contribution in [3.63, 3.8) is 0 Å². The van der Waals surface area contributed by atoms with Crippen LogP contribution >= 0.6 is 23.1 Å². The molecule has 3 aromatic rings. The number of benzene rings is 2. The fourth-order valence-corrected chi connectivity index (χ4v) is 10.8. The van der Waals surface area contributed by atoms with Crippen LogP contribution in [0.5, 0.6) is 11.5 Å². The second-order valence-electron chi connectivity index (χ2n) is 11.9. The van der Waals surface area contributed by atoms with Crippen LogP contribution in [0.2, 0.25) is 0 Å². The van der Waals surface area contributed by atoms with Crippen molar-refractivity contribution in [3.05, 3.63) is 68.1 Å². The second-order valence-corrected chi connectivity index (χ2v) is 14.1. The van der Waals surface area contributed by atoms with Gasteiger partial charge >= 0.3 is 11.0 Å². The Hall–Kier alpha value is -3.78. The van der Waals surface area contributed by atoms with Crippen LogP contribution in [-0.2, 0) is 20.6 Å². The third kappa shape index (κ3) is 4.67. The number of rotatable bonds is 6. The van der Waals surface area contributed by atoms with E-state index in [9.17, 15) is 37.5 Å². The molecular weight excluding hydrogens is 631 g/mol. The predicted molar refractivity (Wildman–Crippen MR) is 159 cm³/mol. The largest absolute Gasteiger partial charge is 0.504 e. The number of aromatic nitrogens is 1. The third-order valence-electron chi connectivity index (χ3n) is 9.63. The van der Waals surface area contributed by atoms with Gasteiger partial charge in [0.1, 0.15) is 6.04 Å². The molecule has 2 bridgehead atoms. The Bertz CT molecular complexity index is 1790. The maximum absolute atomic E-state index is 14.0. The molecule has 14 heteroatoms. The van der Waals surface area contributed by atoms with Crippen molar-refractivity contribution in [3.8, 4) is 11.5 Å². The van der Waals surface area contributed by atoms with Gasteiger partial charge in [0.05, 0.1) is 29.0 Å². The number of likely N-dealkylation sites (tertiary alicyclic amines) is 1. The first kappa shape index (κ1) is 29.9. The van der Waals surface area contributed by atoms with Crippen molar-refractivity contribution in [1.82, 2.24) is 9.88 Å². The summed E-state index contributed by atoms with van der Waals surface area (Å²) in [7, 11) is 0. The lowest BCUT2D eigenvalue weighted by atomic mass is 9.68. The lowest BCUT2D eigenvalue weighted by Gasteiger charge is -2.43. The van der Waals surface area contributed by atoms with Crippen LogP contribution in [-0.4, -0.2) is 50.6 Å². The number of phenolic OH excluding ortho intramolecular Hbond substituents is 1. The Balaban J connectivity index is 1.19. The predicted octanol–water partition coefficient (Wildman–Crippen LogP) is 5.06. The number of phenols is 1. The molecule has 3 heterocycles. The third-order valence-corrected chi connectivity index (χ3v) is 12.2. The monoisotopic (exact) mass is 659 g/mol. The first-order valence-corrected chi connectivity index (χ1v) is 16.3. The summed E-state index contributed by atoms with van der Waals surface area (Å²) in [5.41, 5.74) is -0.194. The standard InChI is InChI=1S/C31H28F3N3O6S2/c1-3-43-19-9-13(7-8-18(19)38)20-21-16-11-17(24(21)44-27-25(20)45-30(42)36-27)23-22(16)28(40)37(29(23)41)12(2)26(39)35-15-6-4-5-14(10-15)31(32,33)34/h4-10,12,16-17,20-24,38H,3,11H2,1-2H3,(H,35,39)(H,36,42). The molecule has 236 valence electrons. The molecule has 3 fully saturated rings. The highest BCUT2D eigenvalue weighted by Gasteiger charge is 2.70. The zero-order valence-corrected chi connectivity index (χ0v) is 25.6. The number of thiazole rings is 1. The molecule has 2 aliphatic heterocycles. The fraction of sp³-hybridized carbons (Fsp3) is 0.419. The summed E-state index contributed by atoms with van der Waals surface area (Å²) in [4.78, 5) is 58.1. The summed E-state index contributed by atoms with van der Waals surface area (Å²) < 4.78 is 45.2. The van der Waals surface area contributed by atoms with Crippen molar-refractivity contribution in [2.45, 2.75) is 48.7 Å². The highest BCUT2D eigenvalue weighted by atomic mass is 32.2. The van der Waals surface area contributed by atoms with E-state index in [1.54, 1.807) is 25.1 Å².